The van der Waals surface area contributed by atoms with E-state index < -0.39 is 16.1 Å². The monoisotopic (exact) mass is 531 g/mol. The van der Waals surface area contributed by atoms with Crippen LogP contribution in [0.5, 0.6) is 5.75 Å². The highest BCUT2D eigenvalue weighted by Crippen LogP contribution is 2.21. The van der Waals surface area contributed by atoms with Crippen molar-refractivity contribution in [3.63, 3.8) is 0 Å². The number of carbonyl (C=O) groups excluding carboxylic acids is 2. The second kappa shape index (κ2) is 14.0. The summed E-state index contributed by atoms with van der Waals surface area (Å²) in [6, 6.07) is 14.0. The zero-order valence-corrected chi connectivity index (χ0v) is 23.7. The lowest BCUT2D eigenvalue weighted by atomic mass is 10.1. The standard InChI is InChI=1S/C28H41N3O5S/c1-7-22(4)29-28(33)26(8-2)30(20-23-11-9-12-25(19-23)36-5)27(32)13-10-18-31(37(6,34)35)24-16-14-21(3)15-17-24/h9,11-12,14-17,19,22,26H,7-8,10,13,18,20H2,1-6H3,(H,29,33)/t22-,26+/m1/s1. The maximum atomic E-state index is 13.5. The van der Waals surface area contributed by atoms with Gasteiger partial charge in [-0.2, -0.15) is 0 Å². The number of amides is 2. The van der Waals surface area contributed by atoms with Crippen LogP contribution in [0.4, 0.5) is 5.69 Å². The largest absolute Gasteiger partial charge is 0.497 e. The van der Waals surface area contributed by atoms with Crippen LogP contribution in [0.1, 0.15) is 57.6 Å². The number of aryl methyl sites for hydroxylation is 1. The molecular weight excluding hydrogens is 490 g/mol. The minimum Gasteiger partial charge on any atom is -0.497 e. The van der Waals surface area contributed by atoms with Crippen LogP contribution in [0.15, 0.2) is 48.5 Å². The van der Waals surface area contributed by atoms with Crippen LogP contribution in [0.25, 0.3) is 0 Å². The lowest BCUT2D eigenvalue weighted by Gasteiger charge is -2.32. The van der Waals surface area contributed by atoms with Crippen molar-refractivity contribution in [2.45, 2.75) is 72.0 Å². The summed E-state index contributed by atoms with van der Waals surface area (Å²) in [5.74, 6) is 0.278. The molecule has 0 aliphatic carbocycles. The molecule has 204 valence electrons. The van der Waals surface area contributed by atoms with Gasteiger partial charge in [0.15, 0.2) is 0 Å². The molecule has 37 heavy (non-hydrogen) atoms. The molecule has 0 saturated heterocycles. The fourth-order valence-corrected chi connectivity index (χ4v) is 5.01. The van der Waals surface area contributed by atoms with Crippen LogP contribution < -0.4 is 14.4 Å². The van der Waals surface area contributed by atoms with Crippen LogP contribution in [0.3, 0.4) is 0 Å². The molecule has 0 heterocycles. The van der Waals surface area contributed by atoms with E-state index in [1.807, 2.05) is 64.1 Å². The molecule has 2 amide bonds. The van der Waals surface area contributed by atoms with Gasteiger partial charge in [-0.15, -0.1) is 0 Å². The van der Waals surface area contributed by atoms with Crippen LogP contribution in [-0.2, 0) is 26.2 Å². The van der Waals surface area contributed by atoms with Crippen molar-refractivity contribution < 1.29 is 22.7 Å². The van der Waals surface area contributed by atoms with Crippen molar-refractivity contribution in [1.82, 2.24) is 10.2 Å². The molecule has 2 rings (SSSR count). The maximum Gasteiger partial charge on any atom is 0.243 e. The molecule has 2 aromatic rings. The summed E-state index contributed by atoms with van der Waals surface area (Å²) in [5.41, 5.74) is 2.44. The molecule has 0 unspecified atom stereocenters. The summed E-state index contributed by atoms with van der Waals surface area (Å²) >= 11 is 0. The summed E-state index contributed by atoms with van der Waals surface area (Å²) in [6.45, 7) is 8.16. The normalized spacial score (nSPS) is 12.9. The number of nitrogens with zero attached hydrogens (tertiary/aromatic N) is 2. The van der Waals surface area contributed by atoms with Crippen molar-refractivity contribution in [3.05, 3.63) is 59.7 Å². The van der Waals surface area contributed by atoms with Gasteiger partial charge in [-0.3, -0.25) is 13.9 Å². The van der Waals surface area contributed by atoms with Crippen molar-refractivity contribution in [1.29, 1.82) is 0 Å². The van der Waals surface area contributed by atoms with Crippen LogP contribution in [0, 0.1) is 6.92 Å². The fraction of sp³-hybridized carbons (Fsp3) is 0.500. The number of methoxy groups -OCH3 is 1. The van der Waals surface area contributed by atoms with Crippen molar-refractivity contribution in [3.8, 4) is 5.75 Å². The Balaban J connectivity index is 2.24. The van der Waals surface area contributed by atoms with Crippen LogP contribution in [-0.4, -0.2) is 57.1 Å². The van der Waals surface area contributed by atoms with Gasteiger partial charge in [0.05, 0.1) is 19.1 Å². The van der Waals surface area contributed by atoms with E-state index in [0.29, 0.717) is 24.3 Å². The number of ether oxygens (including phenoxy) is 1. The molecule has 2 aromatic carbocycles. The molecular formula is C28H41N3O5S. The van der Waals surface area contributed by atoms with E-state index in [4.69, 9.17) is 4.74 Å². The van der Waals surface area contributed by atoms with Crippen molar-refractivity contribution >= 4 is 27.5 Å². The SMILES string of the molecule is CC[C@@H](C)NC(=O)[C@H](CC)N(Cc1cccc(OC)c1)C(=O)CCCN(c1ccc(C)cc1)S(C)(=O)=O. The molecule has 0 radical (unpaired) electrons. The Morgan fingerprint density at radius 2 is 1.73 bits per heavy atom. The Morgan fingerprint density at radius 3 is 2.30 bits per heavy atom. The number of carbonyl (C=O) groups is 2. The summed E-state index contributed by atoms with van der Waals surface area (Å²) < 4.78 is 31.6. The Hall–Kier alpha value is -3.07. The zero-order valence-electron chi connectivity index (χ0n) is 22.9. The lowest BCUT2D eigenvalue weighted by Crippen LogP contribution is -2.50. The van der Waals surface area contributed by atoms with Crippen molar-refractivity contribution in [2.75, 3.05) is 24.2 Å². The Bertz CT molecular complexity index is 1130. The van der Waals surface area contributed by atoms with Gasteiger partial charge in [0.25, 0.3) is 0 Å². The van der Waals surface area contributed by atoms with Gasteiger partial charge in [0.2, 0.25) is 21.8 Å². The number of rotatable bonds is 14. The average Bonchev–Trinajstić information content (AvgIpc) is 2.86. The number of benzene rings is 2. The summed E-state index contributed by atoms with van der Waals surface area (Å²) in [5, 5.41) is 3.00. The van der Waals surface area contributed by atoms with Gasteiger partial charge in [-0.25, -0.2) is 8.42 Å². The minimum atomic E-state index is -3.53. The third kappa shape index (κ3) is 9.07. The van der Waals surface area contributed by atoms with E-state index in [-0.39, 0.29) is 37.4 Å². The second-order valence-corrected chi connectivity index (χ2v) is 11.3. The van der Waals surface area contributed by atoms with E-state index in [1.165, 1.54) is 4.31 Å². The first-order valence-electron chi connectivity index (χ1n) is 12.8. The van der Waals surface area contributed by atoms with Gasteiger partial charge < -0.3 is 15.0 Å². The summed E-state index contributed by atoms with van der Waals surface area (Å²) in [7, 11) is -1.94. The number of sulfonamides is 1. The molecule has 2 atom stereocenters. The number of hydrogen-bond donors (Lipinski definition) is 1. The number of anilines is 1. The van der Waals surface area contributed by atoms with Gasteiger partial charge in [-0.1, -0.05) is 43.7 Å². The first-order chi connectivity index (χ1) is 17.5. The molecule has 0 spiro atoms. The predicted octanol–water partition coefficient (Wildman–Crippen LogP) is 4.27. The van der Waals surface area contributed by atoms with Crippen LogP contribution >= 0.6 is 0 Å². The average molecular weight is 532 g/mol. The summed E-state index contributed by atoms with van der Waals surface area (Å²) in [6.07, 6.45) is 2.83. The Morgan fingerprint density at radius 1 is 1.05 bits per heavy atom. The first-order valence-corrected chi connectivity index (χ1v) is 14.6. The van der Waals surface area contributed by atoms with E-state index in [9.17, 15) is 18.0 Å². The quantitative estimate of drug-likeness (QED) is 0.393. The second-order valence-electron chi connectivity index (χ2n) is 9.39. The Labute approximate surface area is 222 Å². The zero-order chi connectivity index (χ0) is 27.6. The first kappa shape index (κ1) is 30.2. The highest BCUT2D eigenvalue weighted by molar-refractivity contribution is 7.92. The maximum absolute atomic E-state index is 13.5. The smallest absolute Gasteiger partial charge is 0.243 e. The third-order valence-corrected chi connectivity index (χ3v) is 7.54. The Kier molecular flexibility index (Phi) is 11.4. The van der Waals surface area contributed by atoms with E-state index >= 15 is 0 Å². The van der Waals surface area contributed by atoms with E-state index in [2.05, 4.69) is 5.32 Å². The summed E-state index contributed by atoms with van der Waals surface area (Å²) in [4.78, 5) is 28.2. The molecule has 0 fully saturated rings. The highest BCUT2D eigenvalue weighted by atomic mass is 32.2. The van der Waals surface area contributed by atoms with Gasteiger partial charge in [0, 0.05) is 25.6 Å². The molecule has 0 aromatic heterocycles. The van der Waals surface area contributed by atoms with Crippen LogP contribution in [0.2, 0.25) is 0 Å². The van der Waals surface area contributed by atoms with Crippen molar-refractivity contribution in [2.24, 2.45) is 0 Å². The van der Waals surface area contributed by atoms with Gasteiger partial charge in [-0.05, 0) is 62.9 Å². The van der Waals surface area contributed by atoms with Gasteiger partial charge in [0.1, 0.15) is 11.8 Å². The topological polar surface area (TPSA) is 96.0 Å². The molecule has 8 nitrogen and oxygen atoms in total. The third-order valence-electron chi connectivity index (χ3n) is 6.35. The predicted molar refractivity (Wildman–Crippen MR) is 148 cm³/mol. The molecule has 1 N–H and O–H groups in total. The molecule has 9 heteroatoms. The molecule has 0 aliphatic heterocycles. The lowest BCUT2D eigenvalue weighted by molar-refractivity contribution is -0.141. The molecule has 0 aliphatic rings. The highest BCUT2D eigenvalue weighted by Gasteiger charge is 2.29. The number of hydrogen-bond acceptors (Lipinski definition) is 5. The van der Waals surface area contributed by atoms with E-state index in [1.54, 1.807) is 24.1 Å². The van der Waals surface area contributed by atoms with Gasteiger partial charge >= 0.3 is 0 Å². The number of nitrogens with one attached hydrogen (secondary N) is 1. The minimum absolute atomic E-state index is 0.00634. The molecule has 0 bridgehead atoms. The fourth-order valence-electron chi connectivity index (χ4n) is 4.04. The van der Waals surface area contributed by atoms with E-state index in [0.717, 1.165) is 23.8 Å². The molecule has 0 saturated carbocycles.